The predicted octanol–water partition coefficient (Wildman–Crippen LogP) is 1.32. The first-order chi connectivity index (χ1) is 9.61. The Morgan fingerprint density at radius 1 is 1.35 bits per heavy atom. The maximum atomic E-state index is 9.15. The summed E-state index contributed by atoms with van der Waals surface area (Å²) in [7, 11) is 0. The predicted molar refractivity (Wildman–Crippen MR) is 79.6 cm³/mol. The van der Waals surface area contributed by atoms with Gasteiger partial charge in [-0.3, -0.25) is 0 Å². The standard InChI is InChI=1S/C13H21ClN4O2/c1-9(2)15-12-10(3-6-19)11(14)16-13(17-12)18-4-7-20-8-5-18/h9,19H,3-8H2,1-2H3,(H,15,16,17). The maximum Gasteiger partial charge on any atom is 0.228 e. The zero-order chi connectivity index (χ0) is 14.5. The van der Waals surface area contributed by atoms with Crippen LogP contribution in [0.15, 0.2) is 0 Å². The molecule has 1 aliphatic rings. The number of hydrogen-bond acceptors (Lipinski definition) is 6. The van der Waals surface area contributed by atoms with E-state index >= 15 is 0 Å². The molecule has 1 saturated heterocycles. The van der Waals surface area contributed by atoms with Crippen LogP contribution in [0.1, 0.15) is 19.4 Å². The smallest absolute Gasteiger partial charge is 0.228 e. The minimum absolute atomic E-state index is 0.0206. The lowest BCUT2D eigenvalue weighted by Gasteiger charge is -2.28. The van der Waals surface area contributed by atoms with Crippen molar-refractivity contribution in [3.05, 3.63) is 10.7 Å². The molecule has 0 radical (unpaired) electrons. The largest absolute Gasteiger partial charge is 0.396 e. The number of nitrogens with one attached hydrogen (secondary N) is 1. The SMILES string of the molecule is CC(C)Nc1nc(N2CCOCC2)nc(Cl)c1CCO. The van der Waals surface area contributed by atoms with Crippen molar-refractivity contribution >= 4 is 23.4 Å². The van der Waals surface area contributed by atoms with Gasteiger partial charge in [-0.2, -0.15) is 4.98 Å². The molecule has 1 aromatic rings. The van der Waals surface area contributed by atoms with Crippen LogP contribution in [0, 0.1) is 0 Å². The van der Waals surface area contributed by atoms with Crippen molar-refractivity contribution in [2.75, 3.05) is 43.1 Å². The molecule has 0 bridgehead atoms. The lowest BCUT2D eigenvalue weighted by molar-refractivity contribution is 0.122. The van der Waals surface area contributed by atoms with E-state index in [0.717, 1.165) is 18.7 Å². The van der Waals surface area contributed by atoms with E-state index < -0.39 is 0 Å². The number of aromatic nitrogens is 2. The third kappa shape index (κ3) is 3.71. The van der Waals surface area contributed by atoms with Crippen LogP contribution in [-0.4, -0.2) is 54.0 Å². The molecular formula is C13H21ClN4O2. The van der Waals surface area contributed by atoms with E-state index in [1.807, 2.05) is 13.8 Å². The summed E-state index contributed by atoms with van der Waals surface area (Å²) >= 11 is 6.26. The highest BCUT2D eigenvalue weighted by Crippen LogP contribution is 2.26. The fourth-order valence-electron chi connectivity index (χ4n) is 2.08. The van der Waals surface area contributed by atoms with Crippen LogP contribution >= 0.6 is 11.6 Å². The molecule has 1 fully saturated rings. The Morgan fingerprint density at radius 2 is 2.05 bits per heavy atom. The molecule has 1 aromatic heterocycles. The highest BCUT2D eigenvalue weighted by molar-refractivity contribution is 6.30. The molecule has 20 heavy (non-hydrogen) atoms. The van der Waals surface area contributed by atoms with Crippen LogP contribution in [-0.2, 0) is 11.2 Å². The van der Waals surface area contributed by atoms with Gasteiger partial charge in [0.05, 0.1) is 13.2 Å². The highest BCUT2D eigenvalue weighted by atomic mass is 35.5. The van der Waals surface area contributed by atoms with Gasteiger partial charge in [0.25, 0.3) is 0 Å². The molecule has 0 spiro atoms. The lowest BCUT2D eigenvalue weighted by Crippen LogP contribution is -2.37. The Morgan fingerprint density at radius 3 is 2.65 bits per heavy atom. The van der Waals surface area contributed by atoms with Crippen molar-refractivity contribution in [2.45, 2.75) is 26.3 Å². The second-order valence-electron chi connectivity index (χ2n) is 5.01. The van der Waals surface area contributed by atoms with E-state index in [1.165, 1.54) is 0 Å². The molecule has 2 heterocycles. The number of aliphatic hydroxyl groups excluding tert-OH is 1. The quantitative estimate of drug-likeness (QED) is 0.799. The second kappa shape index (κ2) is 7.06. The zero-order valence-electron chi connectivity index (χ0n) is 11.9. The Labute approximate surface area is 124 Å². The van der Waals surface area contributed by atoms with E-state index in [-0.39, 0.29) is 12.6 Å². The van der Waals surface area contributed by atoms with Crippen molar-refractivity contribution in [2.24, 2.45) is 0 Å². The first-order valence-electron chi connectivity index (χ1n) is 6.88. The van der Waals surface area contributed by atoms with Crippen LogP contribution in [0.2, 0.25) is 5.15 Å². The first-order valence-corrected chi connectivity index (χ1v) is 7.26. The third-order valence-corrected chi connectivity index (χ3v) is 3.34. The molecule has 0 aliphatic carbocycles. The summed E-state index contributed by atoms with van der Waals surface area (Å²) < 4.78 is 5.33. The molecule has 1 aliphatic heterocycles. The fourth-order valence-corrected chi connectivity index (χ4v) is 2.34. The van der Waals surface area contributed by atoms with Crippen LogP contribution in [0.25, 0.3) is 0 Å². The summed E-state index contributed by atoms with van der Waals surface area (Å²) in [5, 5.41) is 12.8. The minimum Gasteiger partial charge on any atom is -0.396 e. The van der Waals surface area contributed by atoms with Gasteiger partial charge in [0.15, 0.2) is 0 Å². The van der Waals surface area contributed by atoms with Crippen LogP contribution in [0.3, 0.4) is 0 Å². The van der Waals surface area contributed by atoms with Gasteiger partial charge in [-0.15, -0.1) is 0 Å². The molecule has 0 saturated carbocycles. The van der Waals surface area contributed by atoms with Crippen molar-refractivity contribution < 1.29 is 9.84 Å². The minimum atomic E-state index is 0.0206. The molecule has 112 valence electrons. The van der Waals surface area contributed by atoms with Gasteiger partial charge < -0.3 is 20.1 Å². The molecule has 7 heteroatoms. The van der Waals surface area contributed by atoms with E-state index in [0.29, 0.717) is 36.6 Å². The number of ether oxygens (including phenoxy) is 1. The summed E-state index contributed by atoms with van der Waals surface area (Å²) in [5.41, 5.74) is 0.764. The monoisotopic (exact) mass is 300 g/mol. The summed E-state index contributed by atoms with van der Waals surface area (Å²) in [4.78, 5) is 11.0. The first kappa shape index (κ1) is 15.3. The van der Waals surface area contributed by atoms with Gasteiger partial charge in [0.1, 0.15) is 11.0 Å². The topological polar surface area (TPSA) is 70.5 Å². The third-order valence-electron chi connectivity index (χ3n) is 3.03. The summed E-state index contributed by atoms with van der Waals surface area (Å²) in [5.74, 6) is 1.32. The summed E-state index contributed by atoms with van der Waals surface area (Å²) in [6.45, 7) is 6.96. The van der Waals surface area contributed by atoms with E-state index in [9.17, 15) is 0 Å². The van der Waals surface area contributed by atoms with Crippen molar-refractivity contribution in [3.63, 3.8) is 0 Å². The second-order valence-corrected chi connectivity index (χ2v) is 5.37. The molecule has 0 atom stereocenters. The van der Waals surface area contributed by atoms with Gasteiger partial charge in [0, 0.05) is 37.7 Å². The van der Waals surface area contributed by atoms with Crippen molar-refractivity contribution in [1.29, 1.82) is 0 Å². The molecule has 0 unspecified atom stereocenters. The van der Waals surface area contributed by atoms with Gasteiger partial charge in [-0.25, -0.2) is 4.98 Å². The number of morpholine rings is 1. The van der Waals surface area contributed by atoms with Crippen molar-refractivity contribution in [1.82, 2.24) is 9.97 Å². The Bertz CT molecular complexity index is 450. The van der Waals surface area contributed by atoms with Gasteiger partial charge >= 0.3 is 0 Å². The van der Waals surface area contributed by atoms with Crippen LogP contribution < -0.4 is 10.2 Å². The molecule has 6 nitrogen and oxygen atoms in total. The number of anilines is 2. The van der Waals surface area contributed by atoms with E-state index in [4.69, 9.17) is 21.4 Å². The number of nitrogens with zero attached hydrogens (tertiary/aromatic N) is 3. The average Bonchev–Trinajstić information content (AvgIpc) is 2.43. The lowest BCUT2D eigenvalue weighted by atomic mass is 10.2. The number of halogens is 1. The van der Waals surface area contributed by atoms with Gasteiger partial charge in [-0.1, -0.05) is 11.6 Å². The van der Waals surface area contributed by atoms with E-state index in [2.05, 4.69) is 20.2 Å². The molecule has 0 amide bonds. The molecular weight excluding hydrogens is 280 g/mol. The van der Waals surface area contributed by atoms with Crippen molar-refractivity contribution in [3.8, 4) is 0 Å². The molecule has 0 aromatic carbocycles. The number of aliphatic hydroxyl groups is 1. The average molecular weight is 301 g/mol. The molecule has 2 N–H and O–H groups in total. The van der Waals surface area contributed by atoms with Crippen LogP contribution in [0.5, 0.6) is 0 Å². The Kier molecular flexibility index (Phi) is 5.39. The number of rotatable bonds is 5. The zero-order valence-corrected chi connectivity index (χ0v) is 12.7. The number of hydrogen-bond donors (Lipinski definition) is 2. The summed E-state index contributed by atoms with van der Waals surface area (Å²) in [6, 6.07) is 0.232. The fraction of sp³-hybridized carbons (Fsp3) is 0.692. The maximum absolute atomic E-state index is 9.15. The van der Waals surface area contributed by atoms with E-state index in [1.54, 1.807) is 0 Å². The Hall–Kier alpha value is -1.11. The van der Waals surface area contributed by atoms with Gasteiger partial charge in [-0.05, 0) is 13.8 Å². The summed E-state index contributed by atoms with van der Waals surface area (Å²) in [6.07, 6.45) is 0.442. The Balaban J connectivity index is 2.31. The molecule has 2 rings (SSSR count). The normalized spacial score (nSPS) is 15.8. The van der Waals surface area contributed by atoms with Crippen LogP contribution in [0.4, 0.5) is 11.8 Å². The van der Waals surface area contributed by atoms with Gasteiger partial charge in [0.2, 0.25) is 5.95 Å². The highest BCUT2D eigenvalue weighted by Gasteiger charge is 2.19.